The number of carbonyl (C=O) groups is 1. The van der Waals surface area contributed by atoms with E-state index in [1.54, 1.807) is 19.2 Å². The number of hydrogen-bond acceptors (Lipinski definition) is 4. The van der Waals surface area contributed by atoms with E-state index in [0.717, 1.165) is 16.5 Å². The maximum Gasteiger partial charge on any atom is 0.0716 e. The number of rotatable bonds is 3. The van der Waals surface area contributed by atoms with E-state index in [4.69, 9.17) is 11.6 Å². The van der Waals surface area contributed by atoms with E-state index in [1.807, 2.05) is 24.3 Å². The highest BCUT2D eigenvalue weighted by molar-refractivity contribution is 6.31. The second-order valence-corrected chi connectivity index (χ2v) is 5.57. The number of carboxylic acid groups (broad SMARTS) is 1. The van der Waals surface area contributed by atoms with Crippen molar-refractivity contribution >= 4 is 28.5 Å². The quantitative estimate of drug-likeness (QED) is 0.745. The van der Waals surface area contributed by atoms with Gasteiger partial charge in [-0.2, -0.15) is 0 Å². The lowest BCUT2D eigenvalue weighted by Gasteiger charge is -2.08. The van der Waals surface area contributed by atoms with Crippen LogP contribution >= 0.6 is 11.6 Å². The molecule has 0 fully saturated rings. The zero-order valence-electron chi connectivity index (χ0n) is 11.8. The summed E-state index contributed by atoms with van der Waals surface area (Å²) in [5.74, 6) is -1.19. The molecule has 0 spiro atoms. The first kappa shape index (κ1) is 14.5. The molecule has 0 aliphatic carbocycles. The molecule has 2 aromatic heterocycles. The van der Waals surface area contributed by atoms with Gasteiger partial charge in [-0.3, -0.25) is 9.97 Å². The van der Waals surface area contributed by atoms with E-state index in [9.17, 15) is 9.90 Å². The number of nitrogens with zero attached hydrogens (tertiary/aromatic N) is 2. The molecule has 2 heterocycles. The topological polar surface area (TPSA) is 65.9 Å². The highest BCUT2D eigenvalue weighted by atomic mass is 35.5. The Morgan fingerprint density at radius 3 is 2.82 bits per heavy atom. The predicted octanol–water partition coefficient (Wildman–Crippen LogP) is 2.55. The Morgan fingerprint density at radius 2 is 2.05 bits per heavy atom. The number of halogens is 1. The maximum absolute atomic E-state index is 11.0. The number of hydrogen-bond donors (Lipinski definition) is 0. The van der Waals surface area contributed by atoms with Gasteiger partial charge in [-0.25, -0.2) is 0 Å². The van der Waals surface area contributed by atoms with Crippen molar-refractivity contribution in [1.82, 2.24) is 9.97 Å². The van der Waals surface area contributed by atoms with E-state index in [1.165, 1.54) is 6.07 Å². The van der Waals surface area contributed by atoms with E-state index in [-0.39, 0.29) is 5.56 Å². The number of aromatic nitrogens is 2. The fourth-order valence-corrected chi connectivity index (χ4v) is 2.59. The minimum Gasteiger partial charge on any atom is -0.545 e. The van der Waals surface area contributed by atoms with Gasteiger partial charge in [0.25, 0.3) is 0 Å². The summed E-state index contributed by atoms with van der Waals surface area (Å²) in [5, 5.41) is 12.5. The van der Waals surface area contributed by atoms with Gasteiger partial charge in [0, 0.05) is 35.0 Å². The Hall–Kier alpha value is -2.46. The molecule has 5 heteroatoms. The molecule has 1 aromatic carbocycles. The van der Waals surface area contributed by atoms with Crippen LogP contribution in [0.3, 0.4) is 0 Å². The summed E-state index contributed by atoms with van der Waals surface area (Å²) >= 11 is 5.96. The largest absolute Gasteiger partial charge is 0.545 e. The first-order valence-corrected chi connectivity index (χ1v) is 7.12. The van der Waals surface area contributed by atoms with Crippen LogP contribution in [0.1, 0.15) is 27.3 Å². The SMILES string of the molecule is Cc1cc(C(=O)[O-])cc(Cc2ccc3ncc(Cl)cc3c2)n1. The first-order chi connectivity index (χ1) is 10.5. The van der Waals surface area contributed by atoms with Crippen LogP contribution in [0.2, 0.25) is 5.02 Å². The van der Waals surface area contributed by atoms with Crippen molar-refractivity contribution in [3.8, 4) is 0 Å². The van der Waals surface area contributed by atoms with Crippen molar-refractivity contribution in [2.75, 3.05) is 0 Å². The average molecular weight is 312 g/mol. The molecule has 0 radical (unpaired) electrons. The number of pyridine rings is 2. The predicted molar refractivity (Wildman–Crippen MR) is 82.9 cm³/mol. The third-order valence-electron chi connectivity index (χ3n) is 3.34. The van der Waals surface area contributed by atoms with Gasteiger partial charge in [-0.1, -0.05) is 17.7 Å². The molecule has 110 valence electrons. The minimum absolute atomic E-state index is 0.146. The first-order valence-electron chi connectivity index (χ1n) is 6.74. The van der Waals surface area contributed by atoms with Gasteiger partial charge in [0.15, 0.2) is 0 Å². The Kier molecular flexibility index (Phi) is 3.77. The summed E-state index contributed by atoms with van der Waals surface area (Å²) in [5.41, 5.74) is 3.36. The lowest BCUT2D eigenvalue weighted by Crippen LogP contribution is -2.22. The Labute approximate surface area is 132 Å². The maximum atomic E-state index is 11.0. The molecular formula is C17H12ClN2O2-. The van der Waals surface area contributed by atoms with Gasteiger partial charge in [0.05, 0.1) is 16.5 Å². The standard InChI is InChI=1S/C17H13ClN2O2/c1-10-4-13(17(21)22)8-15(20-10)6-11-2-3-16-12(5-11)7-14(18)9-19-16/h2-5,7-9H,6H2,1H3,(H,21,22)/p-1. The minimum atomic E-state index is -1.19. The number of carbonyl (C=O) groups excluding carboxylic acids is 1. The molecule has 0 aliphatic heterocycles. The van der Waals surface area contributed by atoms with E-state index in [0.29, 0.717) is 22.8 Å². The zero-order valence-corrected chi connectivity index (χ0v) is 12.6. The van der Waals surface area contributed by atoms with Crippen LogP contribution < -0.4 is 5.11 Å². The second kappa shape index (κ2) is 5.73. The molecule has 22 heavy (non-hydrogen) atoms. The van der Waals surface area contributed by atoms with Crippen LogP contribution in [0, 0.1) is 6.92 Å². The number of fused-ring (bicyclic) bond motifs is 1. The molecule has 3 aromatic rings. The molecule has 0 unspecified atom stereocenters. The smallest absolute Gasteiger partial charge is 0.0716 e. The van der Waals surface area contributed by atoms with Crippen LogP contribution in [0.4, 0.5) is 0 Å². The molecule has 3 rings (SSSR count). The molecule has 0 aliphatic rings. The number of aryl methyl sites for hydroxylation is 1. The van der Waals surface area contributed by atoms with Crippen LogP contribution in [0.15, 0.2) is 42.6 Å². The van der Waals surface area contributed by atoms with Crippen molar-refractivity contribution in [3.63, 3.8) is 0 Å². The fraction of sp³-hybridized carbons (Fsp3) is 0.118. The molecule has 0 bridgehead atoms. The number of benzene rings is 1. The van der Waals surface area contributed by atoms with Crippen LogP contribution in [-0.4, -0.2) is 15.9 Å². The summed E-state index contributed by atoms with van der Waals surface area (Å²) in [6.07, 6.45) is 2.14. The lowest BCUT2D eigenvalue weighted by molar-refractivity contribution is -0.255. The van der Waals surface area contributed by atoms with Crippen molar-refractivity contribution in [2.45, 2.75) is 13.3 Å². The van der Waals surface area contributed by atoms with E-state index < -0.39 is 5.97 Å². The van der Waals surface area contributed by atoms with Crippen molar-refractivity contribution < 1.29 is 9.90 Å². The summed E-state index contributed by atoms with van der Waals surface area (Å²) in [7, 11) is 0. The van der Waals surface area contributed by atoms with Gasteiger partial charge in [-0.05, 0) is 42.8 Å². The van der Waals surface area contributed by atoms with E-state index >= 15 is 0 Å². The monoisotopic (exact) mass is 311 g/mol. The molecule has 0 saturated carbocycles. The van der Waals surface area contributed by atoms with Crippen molar-refractivity contribution in [3.05, 3.63) is 70.1 Å². The lowest BCUT2D eigenvalue weighted by atomic mass is 10.0. The molecule has 0 amide bonds. The average Bonchev–Trinajstić information content (AvgIpc) is 2.46. The summed E-state index contributed by atoms with van der Waals surface area (Å²) in [4.78, 5) is 19.6. The summed E-state index contributed by atoms with van der Waals surface area (Å²) < 4.78 is 0. The van der Waals surface area contributed by atoms with Gasteiger partial charge >= 0.3 is 0 Å². The Balaban J connectivity index is 1.97. The third-order valence-corrected chi connectivity index (χ3v) is 3.55. The Bertz CT molecular complexity index is 878. The summed E-state index contributed by atoms with van der Waals surface area (Å²) in [6.45, 7) is 1.76. The van der Waals surface area contributed by atoms with Crippen molar-refractivity contribution in [2.24, 2.45) is 0 Å². The Morgan fingerprint density at radius 1 is 1.23 bits per heavy atom. The molecule has 0 atom stereocenters. The van der Waals surface area contributed by atoms with Crippen LogP contribution in [0.25, 0.3) is 10.9 Å². The van der Waals surface area contributed by atoms with Crippen LogP contribution in [-0.2, 0) is 6.42 Å². The van der Waals surface area contributed by atoms with Crippen molar-refractivity contribution in [1.29, 1.82) is 0 Å². The fourth-order valence-electron chi connectivity index (χ4n) is 2.42. The molecule has 0 saturated heterocycles. The highest BCUT2D eigenvalue weighted by Crippen LogP contribution is 2.20. The van der Waals surface area contributed by atoms with Gasteiger partial charge < -0.3 is 9.90 Å². The second-order valence-electron chi connectivity index (χ2n) is 5.13. The normalized spacial score (nSPS) is 10.8. The van der Waals surface area contributed by atoms with Crippen LogP contribution in [0.5, 0.6) is 0 Å². The third kappa shape index (κ3) is 3.07. The van der Waals surface area contributed by atoms with Gasteiger partial charge in [-0.15, -0.1) is 0 Å². The summed E-state index contributed by atoms with van der Waals surface area (Å²) in [6, 6.07) is 10.7. The molecule has 0 N–H and O–H groups in total. The molecular weight excluding hydrogens is 300 g/mol. The van der Waals surface area contributed by atoms with Gasteiger partial charge in [0.2, 0.25) is 0 Å². The zero-order chi connectivity index (χ0) is 15.7. The highest BCUT2D eigenvalue weighted by Gasteiger charge is 2.05. The molecule has 4 nitrogen and oxygen atoms in total. The number of aromatic carboxylic acids is 1. The van der Waals surface area contributed by atoms with Gasteiger partial charge in [0.1, 0.15) is 0 Å². The van der Waals surface area contributed by atoms with E-state index in [2.05, 4.69) is 9.97 Å². The number of carboxylic acids is 1.